The van der Waals surface area contributed by atoms with Crippen molar-refractivity contribution in [2.45, 2.75) is 104 Å². The van der Waals surface area contributed by atoms with Crippen LogP contribution in [0.15, 0.2) is 107 Å². The van der Waals surface area contributed by atoms with E-state index in [1.165, 1.54) is 5.56 Å². The molecule has 0 saturated carbocycles. The van der Waals surface area contributed by atoms with Gasteiger partial charge >= 0.3 is 51.4 Å². The molecule has 0 fully saturated rings. The molecule has 4 aromatic carbocycles. The second-order valence-electron chi connectivity index (χ2n) is 17.2. The van der Waals surface area contributed by atoms with Crippen LogP contribution in [-0.2, 0) is 23.9 Å². The van der Waals surface area contributed by atoms with E-state index in [1.807, 2.05) is 109 Å². The normalized spacial score (nSPS) is 12.4. The molecule has 2 atom stereocenters. The zero-order valence-electron chi connectivity index (χ0n) is 35.8. The van der Waals surface area contributed by atoms with Gasteiger partial charge in [-0.05, 0) is 69.2 Å². The molecule has 2 unspecified atom stereocenters. The monoisotopic (exact) mass is 864 g/mol. The van der Waals surface area contributed by atoms with Crippen molar-refractivity contribution in [2.75, 3.05) is 0 Å². The molecule has 0 amide bonds. The minimum atomic E-state index is -0.445. The van der Waals surface area contributed by atoms with Gasteiger partial charge < -0.3 is 11.8 Å². The van der Waals surface area contributed by atoms with Crippen LogP contribution in [-0.4, -0.2) is 19.1 Å². The molecule has 0 saturated heterocycles. The Morgan fingerprint density at radius 3 is 1.36 bits per heavy atom. The summed E-state index contributed by atoms with van der Waals surface area (Å²) < 4.78 is 3.48. The number of rotatable bonds is 8. The van der Waals surface area contributed by atoms with E-state index in [2.05, 4.69) is 83.5 Å². The summed E-state index contributed by atoms with van der Waals surface area (Å²) in [6.45, 7) is 26.9. The number of benzene rings is 4. The third-order valence-electron chi connectivity index (χ3n) is 9.98. The van der Waals surface area contributed by atoms with E-state index in [9.17, 15) is 14.9 Å². The number of alkyl halides is 1. The van der Waals surface area contributed by atoms with Gasteiger partial charge in [0.2, 0.25) is 0 Å². The third kappa shape index (κ3) is 11.7. The third-order valence-corrected chi connectivity index (χ3v) is 11.5. The van der Waals surface area contributed by atoms with Crippen LogP contribution in [0, 0.1) is 35.0 Å². The predicted molar refractivity (Wildman–Crippen MR) is 235 cm³/mol. The minimum absolute atomic E-state index is 0. The van der Waals surface area contributed by atoms with Crippen LogP contribution in [0.1, 0.15) is 114 Å². The molecular formula is C48H54BrKN6O2. The Balaban J connectivity index is 0.000000293. The van der Waals surface area contributed by atoms with Crippen LogP contribution in [0.2, 0.25) is 0 Å². The Hall–Kier alpha value is -3.74. The number of aromatic nitrogens is 4. The molecule has 0 bridgehead atoms. The zero-order valence-corrected chi connectivity index (χ0v) is 40.5. The van der Waals surface area contributed by atoms with Crippen LogP contribution >= 0.6 is 15.9 Å². The topological polar surface area (TPSA) is 117 Å². The number of halogens is 1. The maximum Gasteiger partial charge on any atom is 1.00 e. The molecule has 8 nitrogen and oxygen atoms in total. The van der Waals surface area contributed by atoms with Crippen LogP contribution < -0.4 is 62.5 Å². The molecule has 2 aromatic heterocycles. The first-order chi connectivity index (χ1) is 26.9. The number of hydrogen-bond acceptors (Lipinski definition) is 6. The minimum Gasteiger partial charge on any atom is -0.512 e. The van der Waals surface area contributed by atoms with Crippen molar-refractivity contribution in [3.8, 4) is 6.07 Å². The Bertz CT molecular complexity index is 2490. The van der Waals surface area contributed by atoms with E-state index >= 15 is 0 Å². The molecule has 58 heavy (non-hydrogen) atoms. The molecule has 0 aliphatic carbocycles. The van der Waals surface area contributed by atoms with Gasteiger partial charge in [-0.2, -0.15) is 5.26 Å². The van der Waals surface area contributed by atoms with E-state index in [4.69, 9.17) is 21.8 Å². The first kappa shape index (κ1) is 48.6. The zero-order chi connectivity index (χ0) is 42.2. The van der Waals surface area contributed by atoms with Crippen LogP contribution in [0.25, 0.3) is 21.8 Å². The summed E-state index contributed by atoms with van der Waals surface area (Å²) in [6.07, 6.45) is 0. The summed E-state index contributed by atoms with van der Waals surface area (Å²) in [5.41, 5.74) is 5.75. The summed E-state index contributed by atoms with van der Waals surface area (Å²) in [4.78, 5) is 36.5. The van der Waals surface area contributed by atoms with Crippen molar-refractivity contribution >= 4 is 37.7 Å². The fourth-order valence-electron chi connectivity index (χ4n) is 6.50. The van der Waals surface area contributed by atoms with E-state index < -0.39 is 5.92 Å². The first-order valence-corrected chi connectivity index (χ1v) is 20.3. The van der Waals surface area contributed by atoms with Gasteiger partial charge in [-0.25, -0.2) is 9.97 Å². The van der Waals surface area contributed by atoms with Crippen LogP contribution in [0.4, 0.5) is 0 Å². The molecule has 0 radical (unpaired) electrons. The van der Waals surface area contributed by atoms with Crippen molar-refractivity contribution in [3.05, 3.63) is 158 Å². The van der Waals surface area contributed by atoms with Gasteiger partial charge in [0.05, 0.1) is 45.8 Å². The largest absolute Gasteiger partial charge is 1.00 e. The van der Waals surface area contributed by atoms with Gasteiger partial charge in [-0.3, -0.25) is 18.7 Å². The fraction of sp³-hybridized carbons (Fsp3) is 0.375. The average molecular weight is 866 g/mol. The van der Waals surface area contributed by atoms with Crippen molar-refractivity contribution in [3.63, 3.8) is 0 Å². The van der Waals surface area contributed by atoms with Gasteiger partial charge in [-0.1, -0.05) is 158 Å². The molecule has 6 rings (SSSR count). The number of hydrogen-bond donors (Lipinski definition) is 0. The first-order valence-electron chi connectivity index (χ1n) is 19.3. The summed E-state index contributed by atoms with van der Waals surface area (Å²) in [5, 5.41) is 17.3. The predicted octanol–water partition coefficient (Wildman–Crippen LogP) is 7.94. The van der Waals surface area contributed by atoms with Crippen molar-refractivity contribution in [1.82, 2.24) is 19.1 Å². The molecule has 0 N–H and O–H groups in total. The molecule has 2 heterocycles. The maximum atomic E-state index is 13.4. The molecular weight excluding hydrogens is 812 g/mol. The SMILES string of the molecule is CC(C)C(Br)c1nc2cc(C(C)(C)C)ccc2c(=O)n1Cc1ccccc1.CC(C)C(C#N)c1nc2cc(C(C)(C)C)ccc2c(=O)n1Cc1ccccc1.[C-]#N.[K+]. The second-order valence-corrected chi connectivity index (χ2v) is 18.1. The fourth-order valence-corrected chi connectivity index (χ4v) is 6.85. The summed E-state index contributed by atoms with van der Waals surface area (Å²) in [5.74, 6) is 1.27. The molecule has 0 aliphatic rings. The van der Waals surface area contributed by atoms with E-state index in [0.29, 0.717) is 41.1 Å². The number of nitrogens with zero attached hydrogens (tertiary/aromatic N) is 6. The average Bonchev–Trinajstić information content (AvgIpc) is 3.18. The van der Waals surface area contributed by atoms with Crippen molar-refractivity contribution < 1.29 is 51.4 Å². The molecule has 0 aliphatic heterocycles. The molecule has 6 aromatic rings. The Morgan fingerprint density at radius 1 is 0.638 bits per heavy atom. The van der Waals surface area contributed by atoms with Gasteiger partial charge in [0.15, 0.2) is 0 Å². The molecule has 0 spiro atoms. The Morgan fingerprint density at radius 2 is 1.02 bits per heavy atom. The Kier molecular flexibility index (Phi) is 17.6. The van der Waals surface area contributed by atoms with E-state index in [0.717, 1.165) is 28.0 Å². The summed E-state index contributed by atoms with van der Waals surface area (Å²) >= 11 is 3.77. The van der Waals surface area contributed by atoms with Crippen LogP contribution in [0.3, 0.4) is 0 Å². The van der Waals surface area contributed by atoms with Gasteiger partial charge in [0.25, 0.3) is 11.1 Å². The van der Waals surface area contributed by atoms with Crippen molar-refractivity contribution in [1.29, 1.82) is 10.5 Å². The number of nitriles is 1. The quantitative estimate of drug-likeness (QED) is 0.0872. The molecule has 296 valence electrons. The summed E-state index contributed by atoms with van der Waals surface area (Å²) in [6, 6.07) is 34.2. The van der Waals surface area contributed by atoms with Crippen molar-refractivity contribution in [2.24, 2.45) is 11.8 Å². The van der Waals surface area contributed by atoms with E-state index in [-0.39, 0.29) is 84.1 Å². The number of fused-ring (bicyclic) bond motifs is 2. The summed E-state index contributed by atoms with van der Waals surface area (Å²) in [7, 11) is 0. The maximum absolute atomic E-state index is 13.4. The van der Waals surface area contributed by atoms with Crippen LogP contribution in [0.5, 0.6) is 0 Å². The Labute approximate surface area is 394 Å². The van der Waals surface area contributed by atoms with Gasteiger partial charge in [-0.15, -0.1) is 0 Å². The van der Waals surface area contributed by atoms with E-state index in [1.54, 1.807) is 4.57 Å². The second kappa shape index (κ2) is 21.0. The van der Waals surface area contributed by atoms with Gasteiger partial charge in [0, 0.05) is 0 Å². The molecule has 10 heteroatoms. The standard InChI is InChI=1S/C24H27N3O.C23H27BrN2O.CN.K/c1-16(2)20(14-25)22-26-21-13-18(24(3,4)5)11-12-19(21)23(28)27(22)15-17-9-7-6-8-10-17;1-15(2)20(24)21-25-19-13-17(23(3,4)5)11-12-18(19)22(27)26(21)14-16-9-7-6-8-10-16;1-2;/h6-13,16,20H,15H2,1-5H3;6-13,15,20H,14H2,1-5H3;;/q;;-1;+1. The van der Waals surface area contributed by atoms with Gasteiger partial charge in [0.1, 0.15) is 17.6 Å². The smallest absolute Gasteiger partial charge is 0.512 e.